The molecule has 2 unspecified atom stereocenters. The largest absolute Gasteiger partial charge is 0.772 e. The van der Waals surface area contributed by atoms with Crippen molar-refractivity contribution in [3.8, 4) is 5.75 Å². The van der Waals surface area contributed by atoms with Crippen LogP contribution in [-0.2, 0) is 21.6 Å². The highest BCUT2D eigenvalue weighted by Crippen LogP contribution is 2.43. The van der Waals surface area contributed by atoms with E-state index in [0.29, 0.717) is 17.1 Å². The van der Waals surface area contributed by atoms with Crippen molar-refractivity contribution < 1.29 is 18.3 Å². The van der Waals surface area contributed by atoms with E-state index >= 15 is 0 Å². The summed E-state index contributed by atoms with van der Waals surface area (Å²) in [4.78, 5) is 11.5. The minimum atomic E-state index is -2.11. The molecule has 2 atom stereocenters. The summed E-state index contributed by atoms with van der Waals surface area (Å²) in [5.41, 5.74) is 2.38. The quantitative estimate of drug-likeness (QED) is 0.415. The van der Waals surface area contributed by atoms with Crippen molar-refractivity contribution in [2.45, 2.75) is 11.7 Å². The molecule has 1 aliphatic rings. The van der Waals surface area contributed by atoms with Gasteiger partial charge in [0.15, 0.2) is 0 Å². The Hall–Kier alpha value is -1.51. The van der Waals surface area contributed by atoms with Gasteiger partial charge in [-0.3, -0.25) is 4.21 Å². The number of allylic oxidation sites excluding steroid dienone is 1. The van der Waals surface area contributed by atoms with Gasteiger partial charge in [-0.05, 0) is 34.2 Å². The van der Waals surface area contributed by atoms with Gasteiger partial charge in [-0.15, -0.1) is 0 Å². The van der Waals surface area contributed by atoms with Gasteiger partial charge in [-0.2, -0.15) is 0 Å². The first-order valence-corrected chi connectivity index (χ1v) is 9.19. The average Bonchev–Trinajstić information content (AvgIpc) is 2.55. The molecule has 0 radical (unpaired) electrons. The Balaban J connectivity index is 1.99. The summed E-state index contributed by atoms with van der Waals surface area (Å²) >= 11 is 0.0217. The summed E-state index contributed by atoms with van der Waals surface area (Å²) in [6.07, 6.45) is 0.915. The molecule has 6 heteroatoms. The lowest BCUT2D eigenvalue weighted by Crippen LogP contribution is -2.13. The highest BCUT2D eigenvalue weighted by molar-refractivity contribution is 14.1. The molecule has 23 heavy (non-hydrogen) atoms. The van der Waals surface area contributed by atoms with Gasteiger partial charge in [-0.25, -0.2) is 0 Å². The van der Waals surface area contributed by atoms with Crippen LogP contribution in [-0.4, -0.2) is 15.0 Å². The molecule has 0 fully saturated rings. The molecule has 118 valence electrons. The number of ether oxygens (including phenoxy) is 1. The molecule has 2 aromatic carbocycles. The van der Waals surface area contributed by atoms with Crippen LogP contribution in [0.4, 0.5) is 0 Å². The normalized spacial score (nSPS) is 18.1. The Labute approximate surface area is 150 Å². The highest BCUT2D eigenvalue weighted by Gasteiger charge is 2.28. The Morgan fingerprint density at radius 1 is 1.17 bits per heavy atom. The first kappa shape index (κ1) is 16.4. The summed E-state index contributed by atoms with van der Waals surface area (Å²) in [5, 5.41) is 0. The van der Waals surface area contributed by atoms with Crippen molar-refractivity contribution in [2.75, 3.05) is 0 Å². The fraction of sp³-hybridized carbons (Fsp3) is 0.118. The molecule has 0 bridgehead atoms. The number of aldehydes is 1. The zero-order chi connectivity index (χ0) is 16.4. The number of carbonyl (C=O) groups excluding carboxylic acids is 1. The van der Waals surface area contributed by atoms with E-state index in [1.807, 2.05) is 36.4 Å². The van der Waals surface area contributed by atoms with Crippen molar-refractivity contribution >= 4 is 45.7 Å². The number of hydrogen-bond acceptors (Lipinski definition) is 4. The van der Waals surface area contributed by atoms with Crippen LogP contribution in [0.15, 0.2) is 52.1 Å². The molecule has 0 amide bonds. The minimum absolute atomic E-state index is 0.0168. The molecule has 3 rings (SSSR count). The molecule has 0 aromatic heterocycles. The summed E-state index contributed by atoms with van der Waals surface area (Å²) in [6, 6.07) is 14.6. The van der Waals surface area contributed by atoms with Crippen LogP contribution < -0.4 is 4.74 Å². The van der Waals surface area contributed by atoms with Gasteiger partial charge in [0.1, 0.15) is 17.8 Å². The van der Waals surface area contributed by atoms with Crippen molar-refractivity contribution in [1.82, 2.24) is 0 Å². The third-order valence-corrected chi connectivity index (χ3v) is 5.32. The van der Waals surface area contributed by atoms with Crippen molar-refractivity contribution in [3.63, 3.8) is 0 Å². The van der Waals surface area contributed by atoms with E-state index in [-0.39, 0.29) is 11.7 Å². The smallest absolute Gasteiger partial charge is 0.144 e. The molecule has 1 aliphatic heterocycles. The molecule has 1 heterocycles. The molecular weight excluding hydrogens is 427 g/mol. The first-order chi connectivity index (χ1) is 11.1. The zero-order valence-electron chi connectivity index (χ0n) is 11.9. The predicted molar refractivity (Wildman–Crippen MR) is 95.9 cm³/mol. The molecule has 0 saturated heterocycles. The Bertz CT molecular complexity index is 798. The number of halogens is 1. The fourth-order valence-corrected chi connectivity index (χ4v) is 3.85. The third kappa shape index (κ3) is 3.39. The predicted octanol–water partition coefficient (Wildman–Crippen LogP) is 3.54. The third-order valence-electron chi connectivity index (χ3n) is 3.59. The van der Waals surface area contributed by atoms with Crippen molar-refractivity contribution in [2.24, 2.45) is 0 Å². The van der Waals surface area contributed by atoms with Crippen LogP contribution >= 0.6 is 22.6 Å². The highest BCUT2D eigenvalue weighted by atomic mass is 127. The van der Waals surface area contributed by atoms with E-state index in [9.17, 15) is 13.6 Å². The summed E-state index contributed by atoms with van der Waals surface area (Å²) < 4.78 is 28.3. The molecule has 0 saturated carbocycles. The summed E-state index contributed by atoms with van der Waals surface area (Å²) in [6.45, 7) is 0. The van der Waals surface area contributed by atoms with Gasteiger partial charge < -0.3 is 14.1 Å². The van der Waals surface area contributed by atoms with E-state index in [1.165, 1.54) is 0 Å². The molecule has 4 nitrogen and oxygen atoms in total. The topological polar surface area (TPSA) is 66.4 Å². The lowest BCUT2D eigenvalue weighted by Gasteiger charge is -2.25. The molecule has 0 aliphatic carbocycles. The zero-order valence-corrected chi connectivity index (χ0v) is 14.9. The van der Waals surface area contributed by atoms with E-state index in [4.69, 9.17) is 4.74 Å². The second kappa shape index (κ2) is 6.94. The molecule has 0 spiro atoms. The first-order valence-electron chi connectivity index (χ1n) is 6.87. The monoisotopic (exact) mass is 439 g/mol. The maximum absolute atomic E-state index is 11.5. The number of fused-ring (bicyclic) bond motifs is 1. The van der Waals surface area contributed by atoms with Crippen LogP contribution in [0.25, 0.3) is 5.76 Å². The van der Waals surface area contributed by atoms with Crippen LogP contribution in [0, 0.1) is 0 Å². The molecule has 2 aromatic rings. The van der Waals surface area contributed by atoms with Crippen molar-refractivity contribution in [3.05, 3.63) is 68.8 Å². The Morgan fingerprint density at radius 3 is 2.52 bits per heavy atom. The maximum atomic E-state index is 11.5. The number of para-hydroxylation sites is 1. The van der Waals surface area contributed by atoms with Gasteiger partial charge in [0.2, 0.25) is 0 Å². The Morgan fingerprint density at radius 2 is 1.87 bits per heavy atom. The van der Waals surface area contributed by atoms with E-state index < -0.39 is 11.1 Å². The van der Waals surface area contributed by atoms with E-state index in [2.05, 4.69) is 22.6 Å². The second-order valence-electron chi connectivity index (χ2n) is 5.08. The lowest BCUT2D eigenvalue weighted by molar-refractivity contribution is -0.108. The van der Waals surface area contributed by atoms with Crippen molar-refractivity contribution in [1.29, 1.82) is 0 Å². The van der Waals surface area contributed by atoms with Gasteiger partial charge in [0.05, 0.1) is 5.92 Å². The number of benzene rings is 2. The fourth-order valence-electron chi connectivity index (χ4n) is 2.49. The average molecular weight is 439 g/mol. The van der Waals surface area contributed by atoms with Gasteiger partial charge in [0, 0.05) is 20.5 Å². The SMILES string of the molecule is O=CC1C(I)=C(c2ccc(CS(=O)[O-])cc2)Oc2ccccc21. The van der Waals surface area contributed by atoms with E-state index in [1.54, 1.807) is 12.1 Å². The Kier molecular flexibility index (Phi) is 4.93. The standard InChI is InChI=1S/C17H13IO4S/c18-16-14(9-19)13-3-1-2-4-15(13)22-17(16)12-7-5-11(6-8-12)10-23(20)21/h1-9,14H,10H2,(H,20,21)/p-1. The van der Waals surface area contributed by atoms with Crippen LogP contribution in [0.2, 0.25) is 0 Å². The van der Waals surface area contributed by atoms with Gasteiger partial charge >= 0.3 is 0 Å². The second-order valence-corrected chi connectivity index (χ2v) is 7.13. The van der Waals surface area contributed by atoms with Crippen LogP contribution in [0.5, 0.6) is 5.75 Å². The van der Waals surface area contributed by atoms with Gasteiger partial charge in [-0.1, -0.05) is 53.5 Å². The maximum Gasteiger partial charge on any atom is 0.144 e. The van der Waals surface area contributed by atoms with Crippen LogP contribution in [0.1, 0.15) is 22.6 Å². The minimum Gasteiger partial charge on any atom is -0.772 e. The van der Waals surface area contributed by atoms with Crippen LogP contribution in [0.3, 0.4) is 0 Å². The molecule has 0 N–H and O–H groups in total. The van der Waals surface area contributed by atoms with Gasteiger partial charge in [0.25, 0.3) is 0 Å². The summed E-state index contributed by atoms with van der Waals surface area (Å²) in [7, 11) is 0. The number of rotatable bonds is 4. The number of hydrogen-bond donors (Lipinski definition) is 0. The molecular formula is C17H12IO4S-. The van der Waals surface area contributed by atoms with E-state index in [0.717, 1.165) is 21.0 Å². The number of carbonyl (C=O) groups is 1. The summed E-state index contributed by atoms with van der Waals surface area (Å²) in [5.74, 6) is 0.946. The lowest BCUT2D eigenvalue weighted by atomic mass is 9.95.